The first kappa shape index (κ1) is 16.9. The van der Waals surface area contributed by atoms with Gasteiger partial charge in [0.05, 0.1) is 12.0 Å². The van der Waals surface area contributed by atoms with Gasteiger partial charge >= 0.3 is 5.97 Å². The Hall–Kier alpha value is -1.16. The van der Waals surface area contributed by atoms with Gasteiger partial charge in [-0.1, -0.05) is 28.7 Å². The highest BCUT2D eigenvalue weighted by Crippen LogP contribution is 2.11. The Morgan fingerprint density at radius 1 is 1.40 bits per heavy atom. The lowest BCUT2D eigenvalue weighted by atomic mass is 10.2. The molecule has 0 bridgehead atoms. The predicted molar refractivity (Wildman–Crippen MR) is 81.7 cm³/mol. The Bertz CT molecular complexity index is 614. The zero-order valence-corrected chi connectivity index (χ0v) is 13.9. The van der Waals surface area contributed by atoms with E-state index in [4.69, 9.17) is 0 Å². The topological polar surface area (TPSA) is 89.5 Å². The number of carbonyl (C=O) groups is 2. The molecular formula is C12H14INO5S. The molecule has 1 amide bonds. The smallest absolute Gasteiger partial charge is 0.320 e. The van der Waals surface area contributed by atoms with Gasteiger partial charge in [0.2, 0.25) is 0 Å². The first-order valence-electron chi connectivity index (χ1n) is 5.56. The van der Waals surface area contributed by atoms with Crippen LogP contribution in [0.5, 0.6) is 0 Å². The van der Waals surface area contributed by atoms with Gasteiger partial charge in [-0.2, -0.15) is 0 Å². The molecule has 8 heteroatoms. The van der Waals surface area contributed by atoms with Crippen molar-refractivity contribution in [3.63, 3.8) is 0 Å². The van der Waals surface area contributed by atoms with Crippen LogP contribution in [0.4, 0.5) is 0 Å². The minimum atomic E-state index is -3.36. The molecule has 1 N–H and O–H groups in total. The van der Waals surface area contributed by atoms with E-state index in [1.165, 1.54) is 31.4 Å². The number of benzene rings is 1. The highest BCUT2D eigenvalue weighted by Gasteiger charge is 2.17. The third-order valence-electron chi connectivity index (χ3n) is 2.42. The fourth-order valence-corrected chi connectivity index (χ4v) is 2.50. The number of esters is 1. The SMILES string of the molecule is COC(=O)C(I)CNC(=O)c1cccc(S(C)(=O)=O)c1. The summed E-state index contributed by atoms with van der Waals surface area (Å²) in [5.74, 6) is -0.878. The monoisotopic (exact) mass is 411 g/mol. The molecule has 6 nitrogen and oxygen atoms in total. The molecule has 0 fully saturated rings. The normalized spacial score (nSPS) is 12.6. The van der Waals surface area contributed by atoms with E-state index in [0.29, 0.717) is 0 Å². The van der Waals surface area contributed by atoms with Crippen LogP contribution in [-0.4, -0.2) is 44.1 Å². The highest BCUT2D eigenvalue weighted by molar-refractivity contribution is 14.1. The number of halogens is 1. The van der Waals surface area contributed by atoms with E-state index < -0.39 is 25.6 Å². The number of nitrogens with one attached hydrogen (secondary N) is 1. The Balaban J connectivity index is 2.76. The standard InChI is InChI=1S/C12H14INO5S/c1-19-12(16)10(13)7-14-11(15)8-4-3-5-9(6-8)20(2,17)18/h3-6,10H,7H2,1-2H3,(H,14,15). The van der Waals surface area contributed by atoms with Crippen molar-refractivity contribution in [2.24, 2.45) is 0 Å². The van der Waals surface area contributed by atoms with Crippen molar-refractivity contribution >= 4 is 44.3 Å². The second-order valence-electron chi connectivity index (χ2n) is 4.00. The van der Waals surface area contributed by atoms with E-state index in [1.54, 1.807) is 0 Å². The lowest BCUT2D eigenvalue weighted by molar-refractivity contribution is -0.139. The molecular weight excluding hydrogens is 397 g/mol. The van der Waals surface area contributed by atoms with Gasteiger partial charge in [-0.15, -0.1) is 0 Å². The van der Waals surface area contributed by atoms with E-state index in [2.05, 4.69) is 10.1 Å². The number of alkyl halides is 1. The molecule has 1 aromatic carbocycles. The molecule has 0 radical (unpaired) electrons. The van der Waals surface area contributed by atoms with Crippen LogP contribution in [0.2, 0.25) is 0 Å². The minimum Gasteiger partial charge on any atom is -0.468 e. The molecule has 0 heterocycles. The molecule has 1 unspecified atom stereocenters. The number of amides is 1. The second kappa shape index (κ2) is 7.02. The maximum absolute atomic E-state index is 11.9. The summed E-state index contributed by atoms with van der Waals surface area (Å²) >= 11 is 1.85. The van der Waals surface area contributed by atoms with Gasteiger partial charge in [0.25, 0.3) is 5.91 Å². The number of rotatable bonds is 5. The van der Waals surface area contributed by atoms with Crippen molar-refractivity contribution in [1.29, 1.82) is 0 Å². The van der Waals surface area contributed by atoms with Gasteiger partial charge in [-0.3, -0.25) is 9.59 Å². The van der Waals surface area contributed by atoms with Gasteiger partial charge < -0.3 is 10.1 Å². The zero-order chi connectivity index (χ0) is 15.3. The van der Waals surface area contributed by atoms with Crippen molar-refractivity contribution in [2.45, 2.75) is 8.82 Å². The summed E-state index contributed by atoms with van der Waals surface area (Å²) in [5, 5.41) is 2.55. The summed E-state index contributed by atoms with van der Waals surface area (Å²) in [6, 6.07) is 5.71. The third kappa shape index (κ3) is 4.75. The van der Waals surface area contributed by atoms with Gasteiger partial charge in [0.1, 0.15) is 3.92 Å². The van der Waals surface area contributed by atoms with Crippen LogP contribution in [0.1, 0.15) is 10.4 Å². The van der Waals surface area contributed by atoms with Crippen LogP contribution in [-0.2, 0) is 19.4 Å². The summed E-state index contributed by atoms with van der Waals surface area (Å²) in [5.41, 5.74) is 0.224. The molecule has 0 saturated heterocycles. The van der Waals surface area contributed by atoms with Crippen LogP contribution in [0, 0.1) is 0 Å². The van der Waals surface area contributed by atoms with E-state index in [-0.39, 0.29) is 17.0 Å². The van der Waals surface area contributed by atoms with Gasteiger partial charge in [0.15, 0.2) is 9.84 Å². The van der Waals surface area contributed by atoms with Crippen molar-refractivity contribution in [2.75, 3.05) is 19.9 Å². The summed E-state index contributed by atoms with van der Waals surface area (Å²) < 4.78 is 26.9. The fraction of sp³-hybridized carbons (Fsp3) is 0.333. The molecule has 0 saturated carbocycles. The van der Waals surface area contributed by atoms with Crippen LogP contribution in [0.25, 0.3) is 0 Å². The van der Waals surface area contributed by atoms with Crippen LogP contribution in [0.15, 0.2) is 29.2 Å². The highest BCUT2D eigenvalue weighted by atomic mass is 127. The summed E-state index contributed by atoms with van der Waals surface area (Å²) in [4.78, 5) is 23.1. The van der Waals surface area contributed by atoms with Gasteiger partial charge in [-0.05, 0) is 18.2 Å². The molecule has 0 aliphatic rings. The molecule has 0 spiro atoms. The Labute approximate surface area is 130 Å². The van der Waals surface area contributed by atoms with Crippen molar-refractivity contribution < 1.29 is 22.7 Å². The second-order valence-corrected chi connectivity index (χ2v) is 7.52. The number of sulfone groups is 1. The van der Waals surface area contributed by atoms with E-state index in [1.807, 2.05) is 22.6 Å². The number of carbonyl (C=O) groups excluding carboxylic acids is 2. The van der Waals surface area contributed by atoms with Crippen molar-refractivity contribution in [3.8, 4) is 0 Å². The minimum absolute atomic E-state index is 0.0733. The van der Waals surface area contributed by atoms with Crippen LogP contribution in [0.3, 0.4) is 0 Å². The summed E-state index contributed by atoms with van der Waals surface area (Å²) in [6.45, 7) is 0.106. The fourth-order valence-electron chi connectivity index (χ4n) is 1.36. The lowest BCUT2D eigenvalue weighted by Crippen LogP contribution is -2.33. The predicted octanol–water partition coefficient (Wildman–Crippen LogP) is 0.796. The van der Waals surface area contributed by atoms with Crippen molar-refractivity contribution in [1.82, 2.24) is 5.32 Å². The van der Waals surface area contributed by atoms with E-state index in [9.17, 15) is 18.0 Å². The molecule has 110 valence electrons. The maximum Gasteiger partial charge on any atom is 0.320 e. The molecule has 1 atom stereocenters. The number of methoxy groups -OCH3 is 1. The van der Waals surface area contributed by atoms with E-state index >= 15 is 0 Å². The first-order chi connectivity index (χ1) is 9.25. The third-order valence-corrected chi connectivity index (χ3v) is 4.48. The lowest BCUT2D eigenvalue weighted by Gasteiger charge is -2.09. The quantitative estimate of drug-likeness (QED) is 0.440. The summed E-state index contributed by atoms with van der Waals surface area (Å²) in [7, 11) is -2.09. The molecule has 1 aromatic rings. The molecule has 0 aromatic heterocycles. The average Bonchev–Trinajstić information content (AvgIpc) is 2.42. The van der Waals surface area contributed by atoms with Gasteiger partial charge in [0, 0.05) is 18.4 Å². The Kier molecular flexibility index (Phi) is 5.93. The zero-order valence-electron chi connectivity index (χ0n) is 10.9. The average molecular weight is 411 g/mol. The largest absolute Gasteiger partial charge is 0.468 e. The van der Waals surface area contributed by atoms with Gasteiger partial charge in [-0.25, -0.2) is 8.42 Å². The van der Waals surface area contributed by atoms with E-state index in [0.717, 1.165) is 6.26 Å². The molecule has 0 aliphatic carbocycles. The summed E-state index contributed by atoms with van der Waals surface area (Å²) in [6.07, 6.45) is 1.07. The van der Waals surface area contributed by atoms with Crippen LogP contribution >= 0.6 is 22.6 Å². The van der Waals surface area contributed by atoms with Crippen molar-refractivity contribution in [3.05, 3.63) is 29.8 Å². The number of hydrogen-bond acceptors (Lipinski definition) is 5. The Morgan fingerprint density at radius 2 is 2.05 bits per heavy atom. The molecule has 0 aliphatic heterocycles. The first-order valence-corrected chi connectivity index (χ1v) is 8.69. The number of ether oxygens (including phenoxy) is 1. The Morgan fingerprint density at radius 3 is 2.60 bits per heavy atom. The number of hydrogen-bond donors (Lipinski definition) is 1. The van der Waals surface area contributed by atoms with Crippen LogP contribution < -0.4 is 5.32 Å². The molecule has 1 rings (SSSR count). The molecule has 20 heavy (non-hydrogen) atoms. The maximum atomic E-state index is 11.9.